The molecular formula is C17H26N2O2. The number of urea groups is 1. The summed E-state index contributed by atoms with van der Waals surface area (Å²) in [5.41, 5.74) is 1.28. The monoisotopic (exact) mass is 290 g/mol. The van der Waals surface area contributed by atoms with E-state index in [1.807, 2.05) is 18.2 Å². The van der Waals surface area contributed by atoms with Gasteiger partial charge in [0.25, 0.3) is 0 Å². The van der Waals surface area contributed by atoms with Crippen molar-refractivity contribution in [1.29, 1.82) is 0 Å². The zero-order chi connectivity index (χ0) is 15.2. The summed E-state index contributed by atoms with van der Waals surface area (Å²) >= 11 is 0. The van der Waals surface area contributed by atoms with Crippen LogP contribution in [-0.4, -0.2) is 29.8 Å². The minimum absolute atomic E-state index is 0.177. The van der Waals surface area contributed by atoms with Gasteiger partial charge in [-0.25, -0.2) is 4.79 Å². The molecule has 0 bridgehead atoms. The molecule has 1 saturated carbocycles. The van der Waals surface area contributed by atoms with Crippen molar-refractivity contribution in [2.24, 2.45) is 5.92 Å². The predicted octanol–water partition coefficient (Wildman–Crippen LogP) is 2.64. The van der Waals surface area contributed by atoms with Gasteiger partial charge in [-0.3, -0.25) is 0 Å². The van der Waals surface area contributed by atoms with E-state index in [0.29, 0.717) is 12.5 Å². The number of hydrogen-bond acceptors (Lipinski definition) is 2. The third-order valence-corrected chi connectivity index (χ3v) is 4.40. The number of aliphatic hydroxyl groups excluding tert-OH is 1. The van der Waals surface area contributed by atoms with Gasteiger partial charge < -0.3 is 15.7 Å². The summed E-state index contributed by atoms with van der Waals surface area (Å²) in [5, 5.41) is 15.7. The molecule has 0 radical (unpaired) electrons. The van der Waals surface area contributed by atoms with E-state index >= 15 is 0 Å². The molecular weight excluding hydrogens is 264 g/mol. The van der Waals surface area contributed by atoms with Crippen molar-refractivity contribution in [2.45, 2.75) is 51.2 Å². The Bertz CT molecular complexity index is 445. The van der Waals surface area contributed by atoms with E-state index in [1.54, 1.807) is 0 Å². The highest BCUT2D eigenvalue weighted by Gasteiger charge is 2.39. The number of nitrogens with one attached hydrogen (secondary N) is 2. The normalized spacial score (nSPS) is 21.9. The van der Waals surface area contributed by atoms with Crippen LogP contribution in [-0.2, 0) is 0 Å². The molecule has 1 fully saturated rings. The second-order valence-corrected chi connectivity index (χ2v) is 5.86. The first kappa shape index (κ1) is 15.8. The average molecular weight is 290 g/mol. The largest absolute Gasteiger partial charge is 0.391 e. The van der Waals surface area contributed by atoms with Crippen molar-refractivity contribution >= 4 is 6.03 Å². The third kappa shape index (κ3) is 4.46. The molecule has 1 aliphatic rings. The molecule has 0 spiro atoms. The third-order valence-electron chi connectivity index (χ3n) is 4.40. The van der Waals surface area contributed by atoms with Gasteiger partial charge >= 0.3 is 6.03 Å². The molecule has 0 aromatic heterocycles. The Balaban J connectivity index is 1.70. The lowest BCUT2D eigenvalue weighted by molar-refractivity contribution is 0.103. The Morgan fingerprint density at radius 1 is 1.29 bits per heavy atom. The summed E-state index contributed by atoms with van der Waals surface area (Å²) in [4.78, 5) is 11.8. The summed E-state index contributed by atoms with van der Waals surface area (Å²) < 4.78 is 0. The Kier molecular flexibility index (Phi) is 5.62. The zero-order valence-electron chi connectivity index (χ0n) is 12.9. The smallest absolute Gasteiger partial charge is 0.315 e. The van der Waals surface area contributed by atoms with Crippen LogP contribution in [0.4, 0.5) is 4.79 Å². The lowest BCUT2D eigenvalue weighted by Gasteiger charge is -2.20. The van der Waals surface area contributed by atoms with Gasteiger partial charge in [-0.2, -0.15) is 0 Å². The highest BCUT2D eigenvalue weighted by atomic mass is 16.3. The lowest BCUT2D eigenvalue weighted by Crippen LogP contribution is -2.42. The van der Waals surface area contributed by atoms with E-state index in [9.17, 15) is 9.90 Å². The predicted molar refractivity (Wildman–Crippen MR) is 84.2 cm³/mol. The lowest BCUT2D eigenvalue weighted by atomic mass is 9.97. The van der Waals surface area contributed by atoms with Crippen LogP contribution >= 0.6 is 0 Å². The SMILES string of the molecule is CCC(CC)C(O)CNC(=O)NC1CC1c1ccccc1. The molecule has 1 aliphatic carbocycles. The first-order valence-corrected chi connectivity index (χ1v) is 7.93. The van der Waals surface area contributed by atoms with E-state index in [0.717, 1.165) is 19.3 Å². The van der Waals surface area contributed by atoms with E-state index in [1.165, 1.54) is 5.56 Å². The molecule has 3 N–H and O–H groups in total. The molecule has 4 heteroatoms. The maximum atomic E-state index is 11.8. The van der Waals surface area contributed by atoms with Crippen LogP contribution in [0.5, 0.6) is 0 Å². The van der Waals surface area contributed by atoms with Gasteiger partial charge in [-0.15, -0.1) is 0 Å². The summed E-state index contributed by atoms with van der Waals surface area (Å²) in [6.07, 6.45) is 2.39. The number of hydrogen-bond donors (Lipinski definition) is 3. The van der Waals surface area contributed by atoms with Gasteiger partial charge in [0.2, 0.25) is 0 Å². The number of benzene rings is 1. The molecule has 0 heterocycles. The topological polar surface area (TPSA) is 61.4 Å². The van der Waals surface area contributed by atoms with E-state index in [-0.39, 0.29) is 18.0 Å². The van der Waals surface area contributed by atoms with Crippen LogP contribution in [0.1, 0.15) is 44.6 Å². The molecule has 2 rings (SSSR count). The average Bonchev–Trinajstić information content (AvgIpc) is 3.26. The van der Waals surface area contributed by atoms with Crippen LogP contribution in [0, 0.1) is 5.92 Å². The van der Waals surface area contributed by atoms with Gasteiger partial charge in [-0.05, 0) is 17.9 Å². The highest BCUT2D eigenvalue weighted by molar-refractivity contribution is 5.74. The van der Waals surface area contributed by atoms with Gasteiger partial charge in [0.05, 0.1) is 6.10 Å². The highest BCUT2D eigenvalue weighted by Crippen LogP contribution is 2.40. The number of amides is 2. The van der Waals surface area contributed by atoms with Crippen LogP contribution in [0.15, 0.2) is 30.3 Å². The Labute approximate surface area is 126 Å². The molecule has 21 heavy (non-hydrogen) atoms. The number of carbonyl (C=O) groups excluding carboxylic acids is 1. The van der Waals surface area contributed by atoms with E-state index < -0.39 is 6.10 Å². The molecule has 3 atom stereocenters. The van der Waals surface area contributed by atoms with Crippen LogP contribution < -0.4 is 10.6 Å². The first-order chi connectivity index (χ1) is 10.2. The summed E-state index contributed by atoms with van der Waals surface area (Å²) in [5.74, 6) is 0.684. The summed E-state index contributed by atoms with van der Waals surface area (Å²) in [7, 11) is 0. The number of aliphatic hydroxyl groups is 1. The molecule has 0 aliphatic heterocycles. The number of rotatable bonds is 7. The maximum absolute atomic E-state index is 11.8. The van der Waals surface area contributed by atoms with Crippen LogP contribution in [0.25, 0.3) is 0 Å². The summed E-state index contributed by atoms with van der Waals surface area (Å²) in [6.45, 7) is 4.44. The van der Waals surface area contributed by atoms with Gasteiger partial charge in [0.15, 0.2) is 0 Å². The Morgan fingerprint density at radius 3 is 2.57 bits per heavy atom. The second kappa shape index (κ2) is 7.46. The fourth-order valence-electron chi connectivity index (χ4n) is 2.84. The van der Waals surface area contributed by atoms with Crippen molar-refractivity contribution in [2.75, 3.05) is 6.54 Å². The van der Waals surface area contributed by atoms with Crippen molar-refractivity contribution < 1.29 is 9.90 Å². The first-order valence-electron chi connectivity index (χ1n) is 7.93. The molecule has 1 aromatic rings. The Hall–Kier alpha value is -1.55. The van der Waals surface area contributed by atoms with Gasteiger partial charge in [-0.1, -0.05) is 57.0 Å². The maximum Gasteiger partial charge on any atom is 0.315 e. The van der Waals surface area contributed by atoms with Crippen molar-refractivity contribution in [3.8, 4) is 0 Å². The van der Waals surface area contributed by atoms with E-state index in [4.69, 9.17) is 0 Å². The molecule has 2 amide bonds. The quantitative estimate of drug-likeness (QED) is 0.723. The fraction of sp³-hybridized carbons (Fsp3) is 0.588. The molecule has 3 unspecified atom stereocenters. The molecule has 1 aromatic carbocycles. The summed E-state index contributed by atoms with van der Waals surface area (Å²) in [6, 6.07) is 10.3. The number of carbonyl (C=O) groups is 1. The van der Waals surface area contributed by atoms with E-state index in [2.05, 4.69) is 36.6 Å². The van der Waals surface area contributed by atoms with Crippen molar-refractivity contribution in [3.05, 3.63) is 35.9 Å². The molecule has 4 nitrogen and oxygen atoms in total. The Morgan fingerprint density at radius 2 is 1.95 bits per heavy atom. The van der Waals surface area contributed by atoms with Crippen LogP contribution in [0.2, 0.25) is 0 Å². The van der Waals surface area contributed by atoms with Gasteiger partial charge in [0, 0.05) is 18.5 Å². The second-order valence-electron chi connectivity index (χ2n) is 5.86. The van der Waals surface area contributed by atoms with Crippen molar-refractivity contribution in [3.63, 3.8) is 0 Å². The fourth-order valence-corrected chi connectivity index (χ4v) is 2.84. The minimum atomic E-state index is -0.463. The molecule has 0 saturated heterocycles. The zero-order valence-corrected chi connectivity index (χ0v) is 12.9. The standard InChI is InChI=1S/C17H26N2O2/c1-3-12(4-2)16(20)11-18-17(21)19-15-10-14(15)13-8-6-5-7-9-13/h5-9,12,14-16,20H,3-4,10-11H2,1-2H3,(H2,18,19,21). The van der Waals surface area contributed by atoms with Crippen molar-refractivity contribution in [1.82, 2.24) is 10.6 Å². The van der Waals surface area contributed by atoms with Gasteiger partial charge in [0.1, 0.15) is 0 Å². The van der Waals surface area contributed by atoms with Crippen LogP contribution in [0.3, 0.4) is 0 Å². The molecule has 116 valence electrons. The minimum Gasteiger partial charge on any atom is -0.391 e.